The third-order valence-corrected chi connectivity index (χ3v) is 7.68. The predicted octanol–water partition coefficient (Wildman–Crippen LogP) is 4.65. The van der Waals surface area contributed by atoms with Gasteiger partial charge in [-0.25, -0.2) is 4.79 Å². The Hall–Kier alpha value is -3.35. The normalized spacial score (nSPS) is 19.8. The lowest BCUT2D eigenvalue weighted by Crippen LogP contribution is -2.44. The monoisotopic (exact) mass is 478 g/mol. The highest BCUT2D eigenvalue weighted by molar-refractivity contribution is 5.82. The van der Waals surface area contributed by atoms with Crippen molar-refractivity contribution in [3.8, 4) is 11.1 Å². The van der Waals surface area contributed by atoms with Crippen molar-refractivity contribution in [3.05, 3.63) is 59.7 Å². The highest BCUT2D eigenvalue weighted by Gasteiger charge is 2.45. The number of rotatable bonds is 8. The molecule has 2 atom stereocenters. The summed E-state index contributed by atoms with van der Waals surface area (Å²) in [5.74, 6) is -1.01. The second kappa shape index (κ2) is 10.1. The second-order valence-corrected chi connectivity index (χ2v) is 10.0. The minimum Gasteiger partial charge on any atom is -0.481 e. The lowest BCUT2D eigenvalue weighted by atomic mass is 9.84. The summed E-state index contributed by atoms with van der Waals surface area (Å²) >= 11 is 0. The molecule has 7 heteroatoms. The van der Waals surface area contributed by atoms with Gasteiger partial charge < -0.3 is 20.1 Å². The van der Waals surface area contributed by atoms with Gasteiger partial charge in [-0.15, -0.1) is 0 Å². The SMILES string of the molecule is CCC1(C(=O)O)CCN(C(=O)CC(NC(=O)OCC2c3ccccc3-c3ccccc32)C(C)C)C1. The van der Waals surface area contributed by atoms with Crippen molar-refractivity contribution < 1.29 is 24.2 Å². The number of carboxylic acid groups (broad SMARTS) is 1. The average molecular weight is 479 g/mol. The lowest BCUT2D eigenvalue weighted by Gasteiger charge is -2.26. The van der Waals surface area contributed by atoms with Crippen molar-refractivity contribution in [2.24, 2.45) is 11.3 Å². The fourth-order valence-electron chi connectivity index (χ4n) is 5.26. The summed E-state index contributed by atoms with van der Waals surface area (Å²) in [5, 5.41) is 12.5. The molecule has 1 saturated heterocycles. The van der Waals surface area contributed by atoms with Crippen LogP contribution in [0.3, 0.4) is 0 Å². The van der Waals surface area contributed by atoms with Gasteiger partial charge in [0.05, 0.1) is 5.41 Å². The van der Waals surface area contributed by atoms with Gasteiger partial charge in [0.2, 0.25) is 5.91 Å². The number of ether oxygens (including phenoxy) is 1. The largest absolute Gasteiger partial charge is 0.481 e. The van der Waals surface area contributed by atoms with E-state index < -0.39 is 23.5 Å². The number of carbonyl (C=O) groups is 3. The van der Waals surface area contributed by atoms with E-state index in [1.165, 1.54) is 0 Å². The summed E-state index contributed by atoms with van der Waals surface area (Å²) in [7, 11) is 0. The van der Waals surface area contributed by atoms with Crippen molar-refractivity contribution >= 4 is 18.0 Å². The van der Waals surface area contributed by atoms with Crippen molar-refractivity contribution in [1.29, 1.82) is 0 Å². The maximum Gasteiger partial charge on any atom is 0.407 e. The summed E-state index contributed by atoms with van der Waals surface area (Å²) in [6, 6.07) is 15.9. The highest BCUT2D eigenvalue weighted by Crippen LogP contribution is 2.44. The number of nitrogens with one attached hydrogen (secondary N) is 1. The molecule has 2 aromatic rings. The quantitative estimate of drug-likeness (QED) is 0.576. The Morgan fingerprint density at radius 2 is 1.69 bits per heavy atom. The molecule has 1 heterocycles. The molecular formula is C28H34N2O5. The smallest absolute Gasteiger partial charge is 0.407 e. The molecule has 0 bridgehead atoms. The zero-order valence-electron chi connectivity index (χ0n) is 20.6. The first-order valence-corrected chi connectivity index (χ1v) is 12.4. The Labute approximate surface area is 206 Å². The van der Waals surface area contributed by atoms with Crippen LogP contribution in [-0.2, 0) is 14.3 Å². The summed E-state index contributed by atoms with van der Waals surface area (Å²) in [6.45, 7) is 6.58. The summed E-state index contributed by atoms with van der Waals surface area (Å²) in [4.78, 5) is 39.0. The Bertz CT molecular complexity index is 1070. The summed E-state index contributed by atoms with van der Waals surface area (Å²) in [6.07, 6.45) is 0.503. The van der Waals surface area contributed by atoms with E-state index in [0.717, 1.165) is 22.3 Å². The molecule has 2 aliphatic rings. The third kappa shape index (κ3) is 4.90. The fraction of sp³-hybridized carbons (Fsp3) is 0.464. The second-order valence-electron chi connectivity index (χ2n) is 10.0. The van der Waals surface area contributed by atoms with Crippen molar-refractivity contribution in [2.45, 2.75) is 52.0 Å². The first kappa shape index (κ1) is 24.8. The van der Waals surface area contributed by atoms with E-state index in [1.807, 2.05) is 45.0 Å². The number of hydrogen-bond donors (Lipinski definition) is 2. The minimum absolute atomic E-state index is 0.0115. The van der Waals surface area contributed by atoms with Gasteiger partial charge in [-0.1, -0.05) is 69.3 Å². The Morgan fingerprint density at radius 1 is 1.09 bits per heavy atom. The van der Waals surface area contributed by atoms with Crippen molar-refractivity contribution in [2.75, 3.05) is 19.7 Å². The van der Waals surface area contributed by atoms with Gasteiger partial charge in [0, 0.05) is 31.5 Å². The maximum absolute atomic E-state index is 13.0. The summed E-state index contributed by atoms with van der Waals surface area (Å²) < 4.78 is 5.66. The van der Waals surface area contributed by atoms with Gasteiger partial charge in [0.25, 0.3) is 0 Å². The molecule has 2 amide bonds. The molecular weight excluding hydrogens is 444 g/mol. The van der Waals surface area contributed by atoms with Crippen LogP contribution < -0.4 is 5.32 Å². The molecule has 186 valence electrons. The van der Waals surface area contributed by atoms with Crippen LogP contribution in [0, 0.1) is 11.3 Å². The molecule has 4 rings (SSSR count). The van der Waals surface area contributed by atoms with E-state index in [9.17, 15) is 19.5 Å². The van der Waals surface area contributed by atoms with Gasteiger partial charge in [0.1, 0.15) is 6.61 Å². The highest BCUT2D eigenvalue weighted by atomic mass is 16.5. The predicted molar refractivity (Wildman–Crippen MR) is 133 cm³/mol. The molecule has 0 radical (unpaired) electrons. The number of benzene rings is 2. The molecule has 0 spiro atoms. The van der Waals surface area contributed by atoms with Crippen LogP contribution in [0.1, 0.15) is 57.1 Å². The Kier molecular flexibility index (Phi) is 7.15. The van der Waals surface area contributed by atoms with Crippen LogP contribution in [0.5, 0.6) is 0 Å². The molecule has 2 aromatic carbocycles. The number of amides is 2. The van der Waals surface area contributed by atoms with Gasteiger partial charge in [-0.3, -0.25) is 9.59 Å². The number of fused-ring (bicyclic) bond motifs is 3. The van der Waals surface area contributed by atoms with Gasteiger partial charge in [0.15, 0.2) is 0 Å². The molecule has 1 aliphatic heterocycles. The van der Waals surface area contributed by atoms with E-state index in [2.05, 4.69) is 29.6 Å². The van der Waals surface area contributed by atoms with Crippen LogP contribution in [0.15, 0.2) is 48.5 Å². The van der Waals surface area contributed by atoms with E-state index in [-0.39, 0.29) is 37.3 Å². The molecule has 2 unspecified atom stereocenters. The standard InChI is InChI=1S/C28H34N2O5/c1-4-28(26(32)33)13-14-30(17-28)25(31)15-24(18(2)3)29-27(34)35-16-23-21-11-7-5-9-19(21)20-10-6-8-12-22(20)23/h5-12,18,23-24H,4,13-17H2,1-3H3,(H,29,34)(H,32,33). The Morgan fingerprint density at radius 3 is 2.20 bits per heavy atom. The molecule has 2 N–H and O–H groups in total. The molecule has 1 fully saturated rings. The van der Waals surface area contributed by atoms with E-state index in [4.69, 9.17) is 4.74 Å². The average Bonchev–Trinajstić information content (AvgIpc) is 3.43. The number of carbonyl (C=O) groups excluding carboxylic acids is 2. The number of hydrogen-bond acceptors (Lipinski definition) is 4. The van der Waals surface area contributed by atoms with E-state index in [1.54, 1.807) is 4.90 Å². The molecule has 0 saturated carbocycles. The molecule has 35 heavy (non-hydrogen) atoms. The first-order valence-electron chi connectivity index (χ1n) is 12.4. The number of alkyl carbamates (subject to hydrolysis) is 1. The third-order valence-electron chi connectivity index (χ3n) is 7.68. The zero-order chi connectivity index (χ0) is 25.2. The van der Waals surface area contributed by atoms with Crippen LogP contribution in [0.2, 0.25) is 0 Å². The van der Waals surface area contributed by atoms with E-state index >= 15 is 0 Å². The van der Waals surface area contributed by atoms with Crippen LogP contribution in [0.25, 0.3) is 11.1 Å². The number of aliphatic carboxylic acids is 1. The van der Waals surface area contributed by atoms with Crippen molar-refractivity contribution in [3.63, 3.8) is 0 Å². The number of likely N-dealkylation sites (tertiary alicyclic amines) is 1. The molecule has 0 aromatic heterocycles. The van der Waals surface area contributed by atoms with Crippen LogP contribution >= 0.6 is 0 Å². The fourth-order valence-corrected chi connectivity index (χ4v) is 5.26. The maximum atomic E-state index is 13.0. The Balaban J connectivity index is 1.36. The summed E-state index contributed by atoms with van der Waals surface area (Å²) in [5.41, 5.74) is 3.74. The zero-order valence-corrected chi connectivity index (χ0v) is 20.6. The van der Waals surface area contributed by atoms with Gasteiger partial charge in [-0.05, 0) is 41.0 Å². The number of carboxylic acids is 1. The van der Waals surface area contributed by atoms with Crippen molar-refractivity contribution in [1.82, 2.24) is 10.2 Å². The minimum atomic E-state index is -0.872. The van der Waals surface area contributed by atoms with Crippen LogP contribution in [-0.4, -0.2) is 53.7 Å². The van der Waals surface area contributed by atoms with Gasteiger partial charge in [-0.2, -0.15) is 0 Å². The lowest BCUT2D eigenvalue weighted by molar-refractivity contribution is -0.148. The van der Waals surface area contributed by atoms with E-state index in [0.29, 0.717) is 19.4 Å². The molecule has 7 nitrogen and oxygen atoms in total. The van der Waals surface area contributed by atoms with Crippen LogP contribution in [0.4, 0.5) is 4.79 Å². The molecule has 1 aliphatic carbocycles. The topological polar surface area (TPSA) is 95.9 Å². The number of nitrogens with zero attached hydrogens (tertiary/aromatic N) is 1. The van der Waals surface area contributed by atoms with Gasteiger partial charge >= 0.3 is 12.1 Å². The first-order chi connectivity index (χ1) is 16.8.